The molecular weight excluding hydrogens is 402 g/mol. The van der Waals surface area contributed by atoms with Crippen LogP contribution in [0.5, 0.6) is 11.5 Å². The molecule has 170 valence electrons. The molecular formula is C25H33N5O2. The van der Waals surface area contributed by atoms with E-state index in [4.69, 9.17) is 9.47 Å². The van der Waals surface area contributed by atoms with Crippen molar-refractivity contribution in [2.75, 3.05) is 26.8 Å². The molecule has 0 fully saturated rings. The van der Waals surface area contributed by atoms with E-state index in [1.807, 2.05) is 55.1 Å². The van der Waals surface area contributed by atoms with Crippen LogP contribution in [0.15, 0.2) is 65.9 Å². The van der Waals surface area contributed by atoms with Gasteiger partial charge in [0, 0.05) is 31.9 Å². The van der Waals surface area contributed by atoms with Crippen molar-refractivity contribution in [3.8, 4) is 11.5 Å². The fraction of sp³-hybridized carbons (Fsp3) is 0.360. The summed E-state index contributed by atoms with van der Waals surface area (Å²) in [5, 5.41) is 11.2. The molecule has 0 amide bonds. The minimum absolute atomic E-state index is 0.611. The molecule has 1 heterocycles. The van der Waals surface area contributed by atoms with Crippen LogP contribution in [-0.4, -0.2) is 42.5 Å². The Kier molecular flexibility index (Phi) is 8.98. The van der Waals surface area contributed by atoms with E-state index in [9.17, 15) is 0 Å². The Labute approximate surface area is 190 Å². The Balaban J connectivity index is 1.46. The quantitative estimate of drug-likeness (QED) is 0.355. The van der Waals surface area contributed by atoms with Gasteiger partial charge in [0.05, 0.1) is 26.0 Å². The van der Waals surface area contributed by atoms with E-state index in [1.165, 1.54) is 11.1 Å². The van der Waals surface area contributed by atoms with Gasteiger partial charge in [0.15, 0.2) is 17.5 Å². The standard InChI is InChI=1S/C25H33N5O2/c1-4-31-23-12-11-20(15-24(23)32-5-2)13-14-27-25(26-3)28-16-22-17-29-30(19-22)18-21-9-7-6-8-10-21/h6-12,15,17,19H,4-5,13-14,16,18H2,1-3H3,(H2,26,27,28). The van der Waals surface area contributed by atoms with Crippen molar-refractivity contribution in [1.82, 2.24) is 20.4 Å². The van der Waals surface area contributed by atoms with E-state index in [0.29, 0.717) is 19.8 Å². The predicted molar refractivity (Wildman–Crippen MR) is 128 cm³/mol. The van der Waals surface area contributed by atoms with Gasteiger partial charge in [0.1, 0.15) is 0 Å². The highest BCUT2D eigenvalue weighted by molar-refractivity contribution is 5.79. The van der Waals surface area contributed by atoms with Gasteiger partial charge in [-0.1, -0.05) is 36.4 Å². The van der Waals surface area contributed by atoms with Crippen LogP contribution in [0.1, 0.15) is 30.5 Å². The molecule has 32 heavy (non-hydrogen) atoms. The van der Waals surface area contributed by atoms with E-state index in [1.54, 1.807) is 7.05 Å². The van der Waals surface area contributed by atoms with Gasteiger partial charge in [-0.2, -0.15) is 5.10 Å². The Morgan fingerprint density at radius 2 is 1.72 bits per heavy atom. The molecule has 0 bridgehead atoms. The van der Waals surface area contributed by atoms with E-state index in [2.05, 4.69) is 45.1 Å². The first-order valence-electron chi connectivity index (χ1n) is 11.1. The molecule has 3 rings (SSSR count). The average Bonchev–Trinajstić information content (AvgIpc) is 3.26. The minimum atomic E-state index is 0.611. The second-order valence-corrected chi connectivity index (χ2v) is 7.28. The highest BCUT2D eigenvalue weighted by Gasteiger charge is 2.07. The SMILES string of the molecule is CCOc1ccc(CCNC(=NC)NCc2cnn(Cc3ccccc3)c2)cc1OCC. The third-order valence-corrected chi connectivity index (χ3v) is 4.87. The number of nitrogens with one attached hydrogen (secondary N) is 2. The summed E-state index contributed by atoms with van der Waals surface area (Å²) in [6.45, 7) is 7.36. The zero-order valence-corrected chi connectivity index (χ0v) is 19.2. The molecule has 0 spiro atoms. The van der Waals surface area contributed by atoms with Gasteiger partial charge < -0.3 is 20.1 Å². The number of ether oxygens (including phenoxy) is 2. The van der Waals surface area contributed by atoms with Crippen molar-refractivity contribution in [3.05, 3.63) is 77.6 Å². The zero-order chi connectivity index (χ0) is 22.6. The Bertz CT molecular complexity index is 985. The highest BCUT2D eigenvalue weighted by Crippen LogP contribution is 2.28. The first-order chi connectivity index (χ1) is 15.7. The van der Waals surface area contributed by atoms with Gasteiger partial charge in [-0.25, -0.2) is 0 Å². The summed E-state index contributed by atoms with van der Waals surface area (Å²) in [5.41, 5.74) is 3.52. The molecule has 2 aromatic carbocycles. The maximum absolute atomic E-state index is 5.72. The van der Waals surface area contributed by atoms with Crippen LogP contribution >= 0.6 is 0 Å². The zero-order valence-electron chi connectivity index (χ0n) is 19.2. The topological polar surface area (TPSA) is 72.7 Å². The second kappa shape index (κ2) is 12.4. The van der Waals surface area contributed by atoms with E-state index >= 15 is 0 Å². The van der Waals surface area contributed by atoms with Crippen LogP contribution in [0.25, 0.3) is 0 Å². The molecule has 0 saturated heterocycles. The summed E-state index contributed by atoms with van der Waals surface area (Å²) >= 11 is 0. The molecule has 7 heteroatoms. The Morgan fingerprint density at radius 1 is 0.938 bits per heavy atom. The molecule has 3 aromatic rings. The smallest absolute Gasteiger partial charge is 0.191 e. The number of rotatable bonds is 11. The third kappa shape index (κ3) is 7.04. The Morgan fingerprint density at radius 3 is 2.47 bits per heavy atom. The van der Waals surface area contributed by atoms with Crippen LogP contribution in [0.3, 0.4) is 0 Å². The first kappa shape index (κ1) is 23.2. The van der Waals surface area contributed by atoms with Gasteiger partial charge in [0.25, 0.3) is 0 Å². The Hall–Kier alpha value is -3.48. The molecule has 0 aliphatic carbocycles. The first-order valence-corrected chi connectivity index (χ1v) is 11.1. The lowest BCUT2D eigenvalue weighted by Gasteiger charge is -2.14. The molecule has 0 aliphatic heterocycles. The fourth-order valence-electron chi connectivity index (χ4n) is 3.34. The van der Waals surface area contributed by atoms with E-state index in [-0.39, 0.29) is 0 Å². The maximum atomic E-state index is 5.72. The van der Waals surface area contributed by atoms with Crippen molar-refractivity contribution in [2.45, 2.75) is 33.4 Å². The summed E-state index contributed by atoms with van der Waals surface area (Å²) in [5.74, 6) is 2.34. The number of aliphatic imine (C=N–C) groups is 1. The fourth-order valence-corrected chi connectivity index (χ4v) is 3.34. The minimum Gasteiger partial charge on any atom is -0.490 e. The summed E-state index contributed by atoms with van der Waals surface area (Å²) in [7, 11) is 1.78. The van der Waals surface area contributed by atoms with E-state index < -0.39 is 0 Å². The summed E-state index contributed by atoms with van der Waals surface area (Å²) in [6, 6.07) is 16.4. The van der Waals surface area contributed by atoms with Crippen LogP contribution in [0, 0.1) is 0 Å². The summed E-state index contributed by atoms with van der Waals surface area (Å²) in [4.78, 5) is 4.32. The van der Waals surface area contributed by atoms with Gasteiger partial charge in [-0.15, -0.1) is 0 Å². The third-order valence-electron chi connectivity index (χ3n) is 4.87. The highest BCUT2D eigenvalue weighted by atomic mass is 16.5. The number of aromatic nitrogens is 2. The van der Waals surface area contributed by atoms with Crippen LogP contribution in [0.4, 0.5) is 0 Å². The second-order valence-electron chi connectivity index (χ2n) is 7.28. The van der Waals surface area contributed by atoms with Gasteiger partial charge in [-0.3, -0.25) is 9.67 Å². The van der Waals surface area contributed by atoms with Crippen molar-refractivity contribution in [2.24, 2.45) is 4.99 Å². The van der Waals surface area contributed by atoms with Gasteiger partial charge >= 0.3 is 0 Å². The lowest BCUT2D eigenvalue weighted by molar-refractivity contribution is 0.287. The molecule has 0 saturated carbocycles. The number of nitrogens with zero attached hydrogens (tertiary/aromatic N) is 3. The molecule has 0 unspecified atom stereocenters. The van der Waals surface area contributed by atoms with Crippen molar-refractivity contribution in [3.63, 3.8) is 0 Å². The van der Waals surface area contributed by atoms with Crippen LogP contribution in [0.2, 0.25) is 0 Å². The molecule has 1 aromatic heterocycles. The van der Waals surface area contributed by atoms with Crippen LogP contribution < -0.4 is 20.1 Å². The number of hydrogen-bond donors (Lipinski definition) is 2. The number of guanidine groups is 1. The lowest BCUT2D eigenvalue weighted by atomic mass is 10.1. The number of hydrogen-bond acceptors (Lipinski definition) is 4. The van der Waals surface area contributed by atoms with Crippen molar-refractivity contribution >= 4 is 5.96 Å². The number of benzene rings is 2. The molecule has 2 N–H and O–H groups in total. The summed E-state index contributed by atoms with van der Waals surface area (Å²) in [6.07, 6.45) is 4.79. The van der Waals surface area contributed by atoms with Gasteiger partial charge in [0.2, 0.25) is 0 Å². The molecule has 0 atom stereocenters. The average molecular weight is 436 g/mol. The van der Waals surface area contributed by atoms with Crippen molar-refractivity contribution in [1.29, 1.82) is 0 Å². The maximum Gasteiger partial charge on any atom is 0.191 e. The molecule has 0 aliphatic rings. The normalized spacial score (nSPS) is 11.3. The monoisotopic (exact) mass is 435 g/mol. The molecule has 7 nitrogen and oxygen atoms in total. The molecule has 0 radical (unpaired) electrons. The largest absolute Gasteiger partial charge is 0.490 e. The lowest BCUT2D eigenvalue weighted by Crippen LogP contribution is -2.37. The van der Waals surface area contributed by atoms with Crippen LogP contribution in [-0.2, 0) is 19.5 Å². The predicted octanol–water partition coefficient (Wildman–Crippen LogP) is 3.64. The summed E-state index contributed by atoms with van der Waals surface area (Å²) < 4.78 is 13.3. The van der Waals surface area contributed by atoms with Crippen molar-refractivity contribution < 1.29 is 9.47 Å². The van der Waals surface area contributed by atoms with Gasteiger partial charge in [-0.05, 0) is 43.5 Å². The van der Waals surface area contributed by atoms with E-state index in [0.717, 1.165) is 42.5 Å².